The van der Waals surface area contributed by atoms with Crippen molar-refractivity contribution in [3.05, 3.63) is 55.1 Å². The summed E-state index contributed by atoms with van der Waals surface area (Å²) in [4.78, 5) is 18.4. The lowest BCUT2D eigenvalue weighted by atomic mass is 10.1. The highest BCUT2D eigenvalue weighted by atomic mass is 15.3. The molecular formula is C22H24N8. The number of hydrogen-bond donors (Lipinski definition) is 1. The van der Waals surface area contributed by atoms with Gasteiger partial charge in [0.05, 0.1) is 11.3 Å². The molecule has 0 spiro atoms. The molecule has 8 nitrogen and oxygen atoms in total. The molecule has 1 fully saturated rings. The lowest BCUT2D eigenvalue weighted by Crippen LogP contribution is -2.29. The molecule has 30 heavy (non-hydrogen) atoms. The van der Waals surface area contributed by atoms with Gasteiger partial charge in [0.2, 0.25) is 0 Å². The molecular weight excluding hydrogens is 376 g/mol. The van der Waals surface area contributed by atoms with Crippen LogP contribution in [0.1, 0.15) is 6.42 Å². The van der Waals surface area contributed by atoms with E-state index in [2.05, 4.69) is 44.0 Å². The van der Waals surface area contributed by atoms with Crippen LogP contribution in [0, 0.1) is 0 Å². The van der Waals surface area contributed by atoms with E-state index >= 15 is 0 Å². The largest absolute Gasteiger partial charge is 0.382 e. The number of rotatable bonds is 3. The third-order valence-corrected chi connectivity index (χ3v) is 5.55. The van der Waals surface area contributed by atoms with Crippen LogP contribution >= 0.6 is 0 Å². The zero-order chi connectivity index (χ0) is 20.5. The van der Waals surface area contributed by atoms with Crippen molar-refractivity contribution in [1.82, 2.24) is 29.5 Å². The number of pyridine rings is 2. The summed E-state index contributed by atoms with van der Waals surface area (Å²) in [7, 11) is 2.17. The van der Waals surface area contributed by atoms with Crippen molar-refractivity contribution in [2.75, 3.05) is 43.9 Å². The van der Waals surface area contributed by atoms with E-state index in [4.69, 9.17) is 10.7 Å². The first-order valence-corrected chi connectivity index (χ1v) is 10.1. The van der Waals surface area contributed by atoms with E-state index < -0.39 is 0 Å². The van der Waals surface area contributed by atoms with Gasteiger partial charge in [0.1, 0.15) is 5.82 Å². The SMILES string of the molecule is CN1CCCN(c2ccc(-c3cnc4c(-c5ccccn5)c(N)nn4c3)cn2)CC1. The molecule has 0 saturated carbocycles. The first-order valence-electron chi connectivity index (χ1n) is 10.1. The third-order valence-electron chi connectivity index (χ3n) is 5.55. The Morgan fingerprint density at radius 2 is 1.80 bits per heavy atom. The monoisotopic (exact) mass is 400 g/mol. The van der Waals surface area contributed by atoms with Crippen molar-refractivity contribution in [3.63, 3.8) is 0 Å². The molecule has 0 aliphatic carbocycles. The van der Waals surface area contributed by atoms with Gasteiger partial charge in [-0.05, 0) is 44.3 Å². The Morgan fingerprint density at radius 1 is 0.900 bits per heavy atom. The first-order chi connectivity index (χ1) is 14.7. The molecule has 0 aromatic carbocycles. The molecule has 8 heteroatoms. The van der Waals surface area contributed by atoms with E-state index in [9.17, 15) is 0 Å². The molecule has 0 atom stereocenters. The highest BCUT2D eigenvalue weighted by Gasteiger charge is 2.16. The minimum absolute atomic E-state index is 0.415. The second-order valence-corrected chi connectivity index (χ2v) is 7.63. The van der Waals surface area contributed by atoms with Gasteiger partial charge in [-0.15, -0.1) is 5.10 Å². The van der Waals surface area contributed by atoms with Crippen molar-refractivity contribution < 1.29 is 0 Å². The van der Waals surface area contributed by atoms with Gasteiger partial charge < -0.3 is 15.5 Å². The number of nitrogens with zero attached hydrogens (tertiary/aromatic N) is 7. The number of likely N-dealkylation sites (N-methyl/N-ethyl adjacent to an activating group) is 1. The number of fused-ring (bicyclic) bond motifs is 1. The Bertz CT molecular complexity index is 1150. The van der Waals surface area contributed by atoms with Gasteiger partial charge in [0.25, 0.3) is 0 Å². The summed E-state index contributed by atoms with van der Waals surface area (Å²) >= 11 is 0. The van der Waals surface area contributed by atoms with Crippen molar-refractivity contribution >= 4 is 17.3 Å². The van der Waals surface area contributed by atoms with Gasteiger partial charge >= 0.3 is 0 Å². The second-order valence-electron chi connectivity index (χ2n) is 7.63. The molecule has 1 aliphatic heterocycles. The van der Waals surface area contributed by atoms with Gasteiger partial charge in [0.15, 0.2) is 11.5 Å². The molecule has 1 aliphatic rings. The lowest BCUT2D eigenvalue weighted by Gasteiger charge is -2.21. The maximum Gasteiger partial charge on any atom is 0.166 e. The summed E-state index contributed by atoms with van der Waals surface area (Å²) < 4.78 is 1.72. The van der Waals surface area contributed by atoms with E-state index in [1.807, 2.05) is 36.8 Å². The number of nitrogens with two attached hydrogens (primary N) is 1. The maximum atomic E-state index is 6.17. The molecule has 4 aromatic rings. The minimum atomic E-state index is 0.415. The minimum Gasteiger partial charge on any atom is -0.382 e. The molecule has 5 heterocycles. The van der Waals surface area contributed by atoms with E-state index in [-0.39, 0.29) is 0 Å². The van der Waals surface area contributed by atoms with Crippen LogP contribution in [0.4, 0.5) is 11.6 Å². The Kier molecular flexibility index (Phi) is 4.76. The Balaban J connectivity index is 1.44. The summed E-state index contributed by atoms with van der Waals surface area (Å²) in [5, 5.41) is 4.44. The van der Waals surface area contributed by atoms with Gasteiger partial charge in [0, 0.05) is 55.5 Å². The van der Waals surface area contributed by atoms with Crippen molar-refractivity contribution in [3.8, 4) is 22.4 Å². The average Bonchev–Trinajstić information content (AvgIpc) is 2.95. The Morgan fingerprint density at radius 3 is 2.60 bits per heavy atom. The standard InChI is InChI=1S/C22H24N8/c1-28-9-4-10-29(12-11-28)19-7-6-16(13-25-19)17-14-26-22-20(18-5-2-3-8-24-18)21(23)27-30(22)15-17/h2-3,5-8,13-15H,4,9-12H2,1H3,(H2,23,27). The molecule has 5 rings (SSSR count). The van der Waals surface area contributed by atoms with Crippen LogP contribution in [0.3, 0.4) is 0 Å². The number of anilines is 2. The van der Waals surface area contributed by atoms with E-state index in [0.29, 0.717) is 11.5 Å². The van der Waals surface area contributed by atoms with Crippen LogP contribution in [-0.2, 0) is 0 Å². The summed E-state index contributed by atoms with van der Waals surface area (Å²) in [6.45, 7) is 4.23. The van der Waals surface area contributed by atoms with Gasteiger partial charge in [-0.1, -0.05) is 6.07 Å². The Labute approximate surface area is 175 Å². The van der Waals surface area contributed by atoms with Crippen LogP contribution in [0.5, 0.6) is 0 Å². The summed E-state index contributed by atoms with van der Waals surface area (Å²) in [5.74, 6) is 1.43. The predicted octanol–water partition coefficient (Wildman–Crippen LogP) is 2.58. The zero-order valence-corrected chi connectivity index (χ0v) is 16.9. The van der Waals surface area contributed by atoms with Crippen molar-refractivity contribution in [2.45, 2.75) is 6.42 Å². The third kappa shape index (κ3) is 3.46. The first kappa shape index (κ1) is 18.5. The van der Waals surface area contributed by atoms with E-state index in [1.165, 1.54) is 0 Å². The van der Waals surface area contributed by atoms with Gasteiger partial charge in [-0.2, -0.15) is 0 Å². The molecule has 2 N–H and O–H groups in total. The normalized spacial score (nSPS) is 15.4. The van der Waals surface area contributed by atoms with E-state index in [1.54, 1.807) is 10.7 Å². The summed E-state index contributed by atoms with van der Waals surface area (Å²) in [6, 6.07) is 9.88. The highest BCUT2D eigenvalue weighted by Crippen LogP contribution is 2.29. The van der Waals surface area contributed by atoms with Gasteiger partial charge in [-0.3, -0.25) is 4.98 Å². The molecule has 152 valence electrons. The number of nitrogen functional groups attached to an aromatic ring is 1. The van der Waals surface area contributed by atoms with Crippen LogP contribution in [0.2, 0.25) is 0 Å². The van der Waals surface area contributed by atoms with Crippen molar-refractivity contribution in [1.29, 1.82) is 0 Å². The number of hydrogen-bond acceptors (Lipinski definition) is 7. The lowest BCUT2D eigenvalue weighted by molar-refractivity contribution is 0.360. The zero-order valence-electron chi connectivity index (χ0n) is 16.9. The van der Waals surface area contributed by atoms with Crippen LogP contribution in [0.15, 0.2) is 55.1 Å². The smallest absolute Gasteiger partial charge is 0.166 e. The molecule has 0 bridgehead atoms. The number of aromatic nitrogens is 5. The highest BCUT2D eigenvalue weighted by molar-refractivity contribution is 5.84. The molecule has 0 radical (unpaired) electrons. The second kappa shape index (κ2) is 7.72. The molecule has 4 aromatic heterocycles. The fraction of sp³-hybridized carbons (Fsp3) is 0.273. The maximum absolute atomic E-state index is 6.17. The van der Waals surface area contributed by atoms with Crippen LogP contribution in [0.25, 0.3) is 28.0 Å². The average molecular weight is 400 g/mol. The summed E-state index contributed by atoms with van der Waals surface area (Å²) in [6.07, 6.45) is 8.56. The van der Waals surface area contributed by atoms with Gasteiger partial charge in [-0.25, -0.2) is 14.5 Å². The molecule has 0 amide bonds. The fourth-order valence-corrected chi connectivity index (χ4v) is 3.88. The molecule has 1 saturated heterocycles. The van der Waals surface area contributed by atoms with Crippen LogP contribution in [-0.4, -0.2) is 62.7 Å². The van der Waals surface area contributed by atoms with E-state index in [0.717, 1.165) is 60.8 Å². The molecule has 0 unspecified atom stereocenters. The predicted molar refractivity (Wildman–Crippen MR) is 118 cm³/mol. The quantitative estimate of drug-likeness (QED) is 0.565. The summed E-state index contributed by atoms with van der Waals surface area (Å²) in [5.41, 5.74) is 10.3. The van der Waals surface area contributed by atoms with Crippen LogP contribution < -0.4 is 10.6 Å². The van der Waals surface area contributed by atoms with Crippen molar-refractivity contribution in [2.24, 2.45) is 0 Å². The topological polar surface area (TPSA) is 88.5 Å². The Hall–Kier alpha value is -3.52. The fourth-order valence-electron chi connectivity index (χ4n) is 3.88.